The van der Waals surface area contributed by atoms with Crippen molar-refractivity contribution in [3.63, 3.8) is 0 Å². The number of amides is 2. The summed E-state index contributed by atoms with van der Waals surface area (Å²) in [7, 11) is 3.91. The van der Waals surface area contributed by atoms with Crippen LogP contribution >= 0.6 is 0 Å². The smallest absolute Gasteiger partial charge is 0.271 e. The molecule has 0 atom stereocenters. The van der Waals surface area contributed by atoms with Crippen molar-refractivity contribution in [1.82, 2.24) is 24.7 Å². The molecule has 6 rings (SSSR count). The van der Waals surface area contributed by atoms with Gasteiger partial charge in [-0.3, -0.25) is 14.5 Å². The third kappa shape index (κ3) is 9.37. The van der Waals surface area contributed by atoms with Gasteiger partial charge in [0.2, 0.25) is 6.41 Å². The van der Waals surface area contributed by atoms with Crippen LogP contribution in [-0.2, 0) is 11.3 Å². The maximum Gasteiger partial charge on any atom is 0.271 e. The molecule has 3 heterocycles. The topological polar surface area (TPSA) is 111 Å². The molecule has 2 aliphatic heterocycles. The highest BCUT2D eigenvalue weighted by molar-refractivity contribution is 5.96. The fraction of sp³-hybridized carbons (Fsp3) is 0.444. The molecule has 3 fully saturated rings. The van der Waals surface area contributed by atoms with E-state index in [9.17, 15) is 9.59 Å². The van der Waals surface area contributed by atoms with Gasteiger partial charge in [0.05, 0.1) is 6.20 Å². The summed E-state index contributed by atoms with van der Waals surface area (Å²) in [4.78, 5) is 39.9. The van der Waals surface area contributed by atoms with Gasteiger partial charge in [-0.25, -0.2) is 9.97 Å². The van der Waals surface area contributed by atoms with Crippen LogP contribution in [0.2, 0.25) is 0 Å². The average Bonchev–Trinajstić information content (AvgIpc) is 3.93. The van der Waals surface area contributed by atoms with E-state index in [0.717, 1.165) is 82.5 Å². The number of hydrogen-bond donors (Lipinski definition) is 2. The zero-order valence-corrected chi connectivity index (χ0v) is 27.5. The molecule has 0 radical (unpaired) electrons. The summed E-state index contributed by atoms with van der Waals surface area (Å²) in [5.41, 5.74) is 11.7. The maximum absolute atomic E-state index is 11.9. The Kier molecular flexibility index (Phi) is 11.4. The van der Waals surface area contributed by atoms with Gasteiger partial charge in [-0.2, -0.15) is 0 Å². The van der Waals surface area contributed by atoms with Gasteiger partial charge in [0.1, 0.15) is 5.82 Å². The molecule has 244 valence electrons. The lowest BCUT2D eigenvalue weighted by molar-refractivity contribution is -0.114. The summed E-state index contributed by atoms with van der Waals surface area (Å²) in [5.74, 6) is 1.39. The highest BCUT2D eigenvalue weighted by Crippen LogP contribution is 2.40. The van der Waals surface area contributed by atoms with Crippen molar-refractivity contribution in [2.24, 2.45) is 5.73 Å². The predicted molar refractivity (Wildman–Crippen MR) is 185 cm³/mol. The fourth-order valence-electron chi connectivity index (χ4n) is 5.76. The summed E-state index contributed by atoms with van der Waals surface area (Å²) in [5, 5.41) is 3.25. The van der Waals surface area contributed by atoms with Crippen molar-refractivity contribution in [3.8, 4) is 0 Å². The van der Waals surface area contributed by atoms with Crippen LogP contribution in [0.15, 0.2) is 54.9 Å². The lowest BCUT2D eigenvalue weighted by atomic mass is 10.0. The second-order valence-corrected chi connectivity index (χ2v) is 12.7. The summed E-state index contributed by atoms with van der Waals surface area (Å²) >= 11 is 0. The number of aryl methyl sites for hydroxylation is 1. The van der Waals surface area contributed by atoms with E-state index in [-0.39, 0.29) is 5.69 Å². The van der Waals surface area contributed by atoms with Gasteiger partial charge in [0.15, 0.2) is 11.5 Å². The van der Waals surface area contributed by atoms with Crippen LogP contribution in [0.4, 0.5) is 17.3 Å². The molecule has 3 N–H and O–H groups in total. The molecule has 10 heteroatoms. The number of primary amides is 1. The molecule has 3 aromatic rings. The maximum atomic E-state index is 11.9. The fourth-order valence-corrected chi connectivity index (χ4v) is 5.76. The monoisotopic (exact) mass is 624 g/mol. The zero-order chi connectivity index (χ0) is 32.5. The number of piperidine rings is 1. The minimum atomic E-state index is -0.582. The first-order chi connectivity index (χ1) is 22.3. The molecular formula is C36H48N8O2. The number of hydrogen-bond acceptors (Lipinski definition) is 8. The van der Waals surface area contributed by atoms with E-state index in [1.807, 2.05) is 18.2 Å². The Morgan fingerprint density at radius 1 is 1.02 bits per heavy atom. The van der Waals surface area contributed by atoms with E-state index in [1.165, 1.54) is 46.4 Å². The highest BCUT2D eigenvalue weighted by Gasteiger charge is 2.23. The van der Waals surface area contributed by atoms with Gasteiger partial charge in [-0.15, -0.1) is 0 Å². The number of likely N-dealkylation sites (N-methyl/N-ethyl adjacent to an activating group) is 1. The molecule has 2 saturated heterocycles. The second-order valence-electron chi connectivity index (χ2n) is 12.7. The SMILES string of the molecule is CN1CCN(Cc2ccc(Nc3nc(N4CCCCC4)cnc3C(N)=O)cc2)CC1.Cc1ccc(C2CC2)cc1/C=C\N(C)C=O. The normalized spacial score (nSPS) is 17.3. The van der Waals surface area contributed by atoms with Crippen LogP contribution in [0.25, 0.3) is 6.08 Å². The molecule has 2 amide bonds. The average molecular weight is 625 g/mol. The van der Waals surface area contributed by atoms with Crippen LogP contribution in [0.1, 0.15) is 70.8 Å². The van der Waals surface area contributed by atoms with Crippen LogP contribution in [0.5, 0.6) is 0 Å². The molecule has 10 nitrogen and oxygen atoms in total. The van der Waals surface area contributed by atoms with Crippen molar-refractivity contribution >= 4 is 35.7 Å². The van der Waals surface area contributed by atoms with E-state index in [4.69, 9.17) is 5.73 Å². The standard InChI is InChI=1S/C22H31N7O.C14H17NO/c1-27-11-13-28(14-12-27)16-17-5-7-18(8-6-17)25-22-20(21(23)30)24-15-19(26-22)29-9-3-2-4-10-29;1-11-3-4-14(12-5-6-12)9-13(11)7-8-15(2)10-16/h5-8,15H,2-4,9-14,16H2,1H3,(H2,23,30)(H,25,26);3-4,7-10,12H,5-6H2,1-2H3/b;8-7-. The molecular weight excluding hydrogens is 576 g/mol. The van der Waals surface area contributed by atoms with Crippen LogP contribution < -0.4 is 16.0 Å². The predicted octanol–water partition coefficient (Wildman–Crippen LogP) is 4.99. The van der Waals surface area contributed by atoms with Crippen molar-refractivity contribution < 1.29 is 9.59 Å². The highest BCUT2D eigenvalue weighted by atomic mass is 16.1. The van der Waals surface area contributed by atoms with Gasteiger partial charge in [0, 0.05) is 64.7 Å². The van der Waals surface area contributed by atoms with E-state index < -0.39 is 5.91 Å². The Bertz CT molecular complexity index is 1490. The largest absolute Gasteiger partial charge is 0.364 e. The number of nitrogens with one attached hydrogen (secondary N) is 1. The minimum absolute atomic E-state index is 0.164. The molecule has 1 aromatic heterocycles. The molecule has 3 aliphatic rings. The Hall–Kier alpha value is -4.28. The first-order valence-corrected chi connectivity index (χ1v) is 16.4. The Labute approximate surface area is 273 Å². The van der Waals surface area contributed by atoms with Gasteiger partial charge < -0.3 is 25.8 Å². The number of carbonyl (C=O) groups excluding carboxylic acids is 2. The lowest BCUT2D eigenvalue weighted by Gasteiger charge is -2.32. The number of rotatable bonds is 10. The van der Waals surface area contributed by atoms with Crippen molar-refractivity contribution in [2.75, 3.05) is 63.6 Å². The molecule has 0 spiro atoms. The van der Waals surface area contributed by atoms with E-state index in [2.05, 4.69) is 74.3 Å². The molecule has 0 unspecified atom stereocenters. The Balaban J connectivity index is 0.000000219. The molecule has 2 aromatic carbocycles. The summed E-state index contributed by atoms with van der Waals surface area (Å²) in [6, 6.07) is 14.9. The number of carbonyl (C=O) groups is 2. The molecule has 46 heavy (non-hydrogen) atoms. The third-order valence-corrected chi connectivity index (χ3v) is 8.90. The summed E-state index contributed by atoms with van der Waals surface area (Å²) in [6.07, 6.45) is 12.4. The van der Waals surface area contributed by atoms with E-state index >= 15 is 0 Å². The molecule has 0 bridgehead atoms. The van der Waals surface area contributed by atoms with Crippen molar-refractivity contribution in [1.29, 1.82) is 0 Å². The lowest BCUT2D eigenvalue weighted by Crippen LogP contribution is -2.43. The summed E-state index contributed by atoms with van der Waals surface area (Å²) < 4.78 is 0. The van der Waals surface area contributed by atoms with Gasteiger partial charge in [0.25, 0.3) is 5.91 Å². The number of aromatic nitrogens is 2. The number of piperazine rings is 1. The molecule has 1 saturated carbocycles. The summed E-state index contributed by atoms with van der Waals surface area (Å²) in [6.45, 7) is 9.38. The van der Waals surface area contributed by atoms with Gasteiger partial charge >= 0.3 is 0 Å². The van der Waals surface area contributed by atoms with Gasteiger partial charge in [-0.05, 0) is 92.5 Å². The zero-order valence-electron chi connectivity index (χ0n) is 27.5. The first kappa shape index (κ1) is 33.1. The number of benzene rings is 2. The number of nitrogens with zero attached hydrogens (tertiary/aromatic N) is 6. The second kappa shape index (κ2) is 15.8. The van der Waals surface area contributed by atoms with E-state index in [1.54, 1.807) is 19.4 Å². The Morgan fingerprint density at radius 3 is 2.39 bits per heavy atom. The number of nitrogens with two attached hydrogens (primary N) is 1. The van der Waals surface area contributed by atoms with Crippen molar-refractivity contribution in [2.45, 2.75) is 51.5 Å². The minimum Gasteiger partial charge on any atom is -0.364 e. The Morgan fingerprint density at radius 2 is 1.74 bits per heavy atom. The van der Waals surface area contributed by atoms with Crippen molar-refractivity contribution in [3.05, 3.63) is 82.8 Å². The third-order valence-electron chi connectivity index (χ3n) is 8.90. The van der Waals surface area contributed by atoms with Crippen LogP contribution in [0.3, 0.4) is 0 Å². The van der Waals surface area contributed by atoms with E-state index in [0.29, 0.717) is 5.82 Å². The van der Waals surface area contributed by atoms with Crippen LogP contribution in [-0.4, -0.2) is 90.3 Å². The quantitative estimate of drug-likeness (QED) is 0.304. The first-order valence-electron chi connectivity index (χ1n) is 16.4. The van der Waals surface area contributed by atoms with Gasteiger partial charge in [-0.1, -0.05) is 30.3 Å². The molecule has 1 aliphatic carbocycles. The number of anilines is 3. The van der Waals surface area contributed by atoms with Crippen LogP contribution in [0, 0.1) is 6.92 Å².